The Bertz CT molecular complexity index is 700. The summed E-state index contributed by atoms with van der Waals surface area (Å²) in [5.41, 5.74) is 6.47. The molecule has 0 nitrogen and oxygen atoms in total. The minimum absolute atomic E-state index is 0.139. The zero-order valence-electron chi connectivity index (χ0n) is 16.0. The summed E-state index contributed by atoms with van der Waals surface area (Å²) in [6, 6.07) is 17.3. The van der Waals surface area contributed by atoms with Crippen LogP contribution in [0.4, 0.5) is 0 Å². The molecule has 24 heavy (non-hydrogen) atoms. The molecular formula is C24H30. The van der Waals surface area contributed by atoms with Gasteiger partial charge in [-0.3, -0.25) is 0 Å². The summed E-state index contributed by atoms with van der Waals surface area (Å²) < 4.78 is 0. The molecule has 0 fully saturated rings. The van der Waals surface area contributed by atoms with Crippen molar-refractivity contribution in [3.05, 3.63) is 83.4 Å². The van der Waals surface area contributed by atoms with E-state index in [4.69, 9.17) is 0 Å². The molecule has 2 aromatic carbocycles. The van der Waals surface area contributed by atoms with Gasteiger partial charge >= 0.3 is 0 Å². The Morgan fingerprint density at radius 2 is 1.29 bits per heavy atom. The minimum Gasteiger partial charge on any atom is -0.0912 e. The Balaban J connectivity index is 2.39. The third kappa shape index (κ3) is 4.71. The maximum atomic E-state index is 4.20. The maximum Gasteiger partial charge on any atom is -0.0132 e. The van der Waals surface area contributed by atoms with Crippen LogP contribution >= 0.6 is 0 Å². The molecule has 0 heteroatoms. The van der Waals surface area contributed by atoms with Gasteiger partial charge in [-0.15, -0.1) is 0 Å². The second-order valence-corrected chi connectivity index (χ2v) is 8.57. The van der Waals surface area contributed by atoms with E-state index in [0.29, 0.717) is 0 Å². The van der Waals surface area contributed by atoms with Gasteiger partial charge in [0.15, 0.2) is 0 Å². The zero-order valence-corrected chi connectivity index (χ0v) is 16.0. The highest BCUT2D eigenvalue weighted by Crippen LogP contribution is 2.31. The average molecular weight is 319 g/mol. The van der Waals surface area contributed by atoms with Crippen molar-refractivity contribution in [2.75, 3.05) is 0 Å². The maximum absolute atomic E-state index is 4.20. The van der Waals surface area contributed by atoms with E-state index in [1.165, 1.54) is 16.7 Å². The van der Waals surface area contributed by atoms with Crippen LogP contribution in [0.15, 0.2) is 61.2 Å². The van der Waals surface area contributed by atoms with Gasteiger partial charge in [0.25, 0.3) is 0 Å². The van der Waals surface area contributed by atoms with E-state index >= 15 is 0 Å². The van der Waals surface area contributed by atoms with Gasteiger partial charge in [-0.25, -0.2) is 0 Å². The molecular weight excluding hydrogens is 288 g/mol. The normalized spacial score (nSPS) is 12.6. The van der Waals surface area contributed by atoms with Crippen molar-refractivity contribution in [1.82, 2.24) is 0 Å². The van der Waals surface area contributed by atoms with E-state index in [1.54, 1.807) is 0 Å². The molecule has 126 valence electrons. The van der Waals surface area contributed by atoms with Crippen molar-refractivity contribution >= 4 is 11.6 Å². The SMILES string of the molecule is C=C(C=Cc1cc(C(C)(C)C)cc(C(C)(C)C)c1)c1ccccc1. The van der Waals surface area contributed by atoms with Gasteiger partial charge in [0.2, 0.25) is 0 Å². The lowest BCUT2D eigenvalue weighted by Gasteiger charge is -2.25. The summed E-state index contributed by atoms with van der Waals surface area (Å²) in [6.45, 7) is 17.8. The molecule has 0 aliphatic heterocycles. The van der Waals surface area contributed by atoms with E-state index in [9.17, 15) is 0 Å². The van der Waals surface area contributed by atoms with Gasteiger partial charge < -0.3 is 0 Å². The third-order valence-corrected chi connectivity index (χ3v) is 4.31. The summed E-state index contributed by atoms with van der Waals surface area (Å²) in [6.07, 6.45) is 4.30. The second-order valence-electron chi connectivity index (χ2n) is 8.57. The molecule has 0 bridgehead atoms. The van der Waals surface area contributed by atoms with Crippen LogP contribution in [0.5, 0.6) is 0 Å². The highest BCUT2D eigenvalue weighted by atomic mass is 14.2. The van der Waals surface area contributed by atoms with Crippen molar-refractivity contribution in [2.45, 2.75) is 52.4 Å². The molecule has 0 amide bonds. The van der Waals surface area contributed by atoms with Crippen LogP contribution in [0.3, 0.4) is 0 Å². The fourth-order valence-electron chi connectivity index (χ4n) is 2.56. The van der Waals surface area contributed by atoms with Crippen LogP contribution in [0, 0.1) is 0 Å². The van der Waals surface area contributed by atoms with Crippen molar-refractivity contribution in [2.24, 2.45) is 0 Å². The average Bonchev–Trinajstić information content (AvgIpc) is 2.51. The molecule has 0 unspecified atom stereocenters. The van der Waals surface area contributed by atoms with Crippen molar-refractivity contribution in [3.8, 4) is 0 Å². The smallest absolute Gasteiger partial charge is 0.0132 e. The Labute approximate surface area is 147 Å². The van der Waals surface area contributed by atoms with E-state index in [2.05, 4.69) is 90.6 Å². The van der Waals surface area contributed by atoms with Gasteiger partial charge in [-0.2, -0.15) is 0 Å². The van der Waals surface area contributed by atoms with Crippen molar-refractivity contribution in [3.63, 3.8) is 0 Å². The number of allylic oxidation sites excluding steroid dienone is 2. The summed E-state index contributed by atoms with van der Waals surface area (Å²) in [4.78, 5) is 0. The molecule has 2 rings (SSSR count). The van der Waals surface area contributed by atoms with Gasteiger partial charge in [-0.05, 0) is 38.7 Å². The third-order valence-electron chi connectivity index (χ3n) is 4.31. The van der Waals surface area contributed by atoms with Gasteiger partial charge in [0.05, 0.1) is 0 Å². The molecule has 2 aromatic rings. The number of hydrogen-bond donors (Lipinski definition) is 0. The Kier molecular flexibility index (Phi) is 5.18. The number of rotatable bonds is 3. The molecule has 0 N–H and O–H groups in total. The first-order chi connectivity index (χ1) is 11.1. The molecule has 0 saturated carbocycles. The van der Waals surface area contributed by atoms with Crippen LogP contribution in [0.25, 0.3) is 11.6 Å². The lowest BCUT2D eigenvalue weighted by atomic mass is 9.79. The van der Waals surface area contributed by atoms with E-state index in [1.807, 2.05) is 18.2 Å². The lowest BCUT2D eigenvalue weighted by molar-refractivity contribution is 0.568. The van der Waals surface area contributed by atoms with Crippen LogP contribution in [0.2, 0.25) is 0 Å². The first-order valence-electron chi connectivity index (χ1n) is 8.66. The standard InChI is InChI=1S/C24H30/c1-18(20-11-9-8-10-12-20)13-14-19-15-21(23(2,3)4)17-22(16-19)24(5,6)7/h8-17H,1H2,2-7H3. The molecule has 0 aliphatic rings. The Morgan fingerprint density at radius 1 is 0.792 bits per heavy atom. The molecule has 0 heterocycles. The highest BCUT2D eigenvalue weighted by Gasteiger charge is 2.19. The quantitative estimate of drug-likeness (QED) is 0.534. The Hall–Kier alpha value is -2.08. The number of hydrogen-bond acceptors (Lipinski definition) is 0. The molecule has 0 radical (unpaired) electrons. The van der Waals surface area contributed by atoms with Crippen LogP contribution in [-0.4, -0.2) is 0 Å². The molecule has 0 aromatic heterocycles. The van der Waals surface area contributed by atoms with Crippen LogP contribution in [-0.2, 0) is 10.8 Å². The first kappa shape index (κ1) is 18.3. The summed E-state index contributed by atoms with van der Waals surface area (Å²) in [7, 11) is 0. The van der Waals surface area contributed by atoms with Gasteiger partial charge in [0, 0.05) is 0 Å². The zero-order chi connectivity index (χ0) is 18.0. The van der Waals surface area contributed by atoms with Crippen molar-refractivity contribution in [1.29, 1.82) is 0 Å². The fourth-order valence-corrected chi connectivity index (χ4v) is 2.56. The number of benzene rings is 2. The second kappa shape index (κ2) is 6.81. The van der Waals surface area contributed by atoms with Gasteiger partial charge in [-0.1, -0.05) is 109 Å². The predicted octanol–water partition coefficient (Wildman–Crippen LogP) is 7.01. The molecule has 0 aliphatic carbocycles. The van der Waals surface area contributed by atoms with E-state index < -0.39 is 0 Å². The topological polar surface area (TPSA) is 0 Å². The highest BCUT2D eigenvalue weighted by molar-refractivity contribution is 5.77. The minimum atomic E-state index is 0.139. The largest absolute Gasteiger partial charge is 0.0912 e. The Morgan fingerprint density at radius 3 is 1.75 bits per heavy atom. The summed E-state index contributed by atoms with van der Waals surface area (Å²) in [5, 5.41) is 0. The summed E-state index contributed by atoms with van der Waals surface area (Å²) >= 11 is 0. The van der Waals surface area contributed by atoms with E-state index in [0.717, 1.165) is 11.1 Å². The molecule has 0 atom stereocenters. The van der Waals surface area contributed by atoms with Crippen LogP contribution in [0.1, 0.15) is 63.8 Å². The predicted molar refractivity (Wildman–Crippen MR) is 108 cm³/mol. The van der Waals surface area contributed by atoms with Crippen molar-refractivity contribution < 1.29 is 0 Å². The summed E-state index contributed by atoms with van der Waals surface area (Å²) in [5.74, 6) is 0. The van der Waals surface area contributed by atoms with Gasteiger partial charge in [0.1, 0.15) is 0 Å². The lowest BCUT2D eigenvalue weighted by Crippen LogP contribution is -2.16. The molecule has 0 spiro atoms. The van der Waals surface area contributed by atoms with E-state index in [-0.39, 0.29) is 10.8 Å². The van der Waals surface area contributed by atoms with Crippen LogP contribution < -0.4 is 0 Å². The monoisotopic (exact) mass is 318 g/mol. The first-order valence-corrected chi connectivity index (χ1v) is 8.66. The molecule has 0 saturated heterocycles. The fraction of sp³-hybridized carbons (Fsp3) is 0.333.